The van der Waals surface area contributed by atoms with Crippen molar-refractivity contribution < 1.29 is 9.59 Å². The molecule has 0 aromatic heterocycles. The molecule has 0 bridgehead atoms. The van der Waals surface area contributed by atoms with Crippen LogP contribution >= 0.6 is 23.2 Å². The summed E-state index contributed by atoms with van der Waals surface area (Å²) in [6, 6.07) is 23.8. The van der Waals surface area contributed by atoms with E-state index < -0.39 is 6.04 Å². The standard InChI is InChI=1S/C28H30Cl2N2O2/c1-3-20(2)31-28(34)26(17-21-11-6-4-7-12-21)32(19-23-24(29)15-10-16-25(23)30)27(33)18-22-13-8-5-9-14-22/h4-16,20,26H,3,17-19H2,1-2H3,(H,31,34). The van der Waals surface area contributed by atoms with Crippen LogP contribution in [-0.4, -0.2) is 28.8 Å². The molecule has 3 rings (SSSR count). The van der Waals surface area contributed by atoms with Gasteiger partial charge in [-0.3, -0.25) is 9.59 Å². The topological polar surface area (TPSA) is 49.4 Å². The van der Waals surface area contributed by atoms with Gasteiger partial charge in [0, 0.05) is 34.6 Å². The molecule has 178 valence electrons. The lowest BCUT2D eigenvalue weighted by Crippen LogP contribution is -2.52. The molecule has 0 aliphatic rings. The van der Waals surface area contributed by atoms with Crippen molar-refractivity contribution in [2.45, 2.75) is 51.7 Å². The molecule has 0 saturated carbocycles. The Morgan fingerprint density at radius 1 is 0.853 bits per heavy atom. The minimum absolute atomic E-state index is 0.0132. The van der Waals surface area contributed by atoms with Crippen LogP contribution in [0.2, 0.25) is 10.0 Å². The lowest BCUT2D eigenvalue weighted by atomic mass is 10.0. The largest absolute Gasteiger partial charge is 0.352 e. The molecule has 0 radical (unpaired) electrons. The molecule has 0 heterocycles. The first-order chi connectivity index (χ1) is 16.4. The Kier molecular flexibility index (Phi) is 9.55. The minimum Gasteiger partial charge on any atom is -0.352 e. The number of halogens is 2. The second-order valence-electron chi connectivity index (χ2n) is 8.41. The van der Waals surface area contributed by atoms with E-state index in [1.807, 2.05) is 74.5 Å². The maximum absolute atomic E-state index is 13.7. The van der Waals surface area contributed by atoms with Gasteiger partial charge >= 0.3 is 0 Å². The summed E-state index contributed by atoms with van der Waals surface area (Å²) in [6.45, 7) is 4.10. The third kappa shape index (κ3) is 7.09. The number of hydrogen-bond acceptors (Lipinski definition) is 2. The van der Waals surface area contributed by atoms with Gasteiger partial charge in [-0.25, -0.2) is 0 Å². The van der Waals surface area contributed by atoms with Gasteiger partial charge in [0.2, 0.25) is 11.8 Å². The molecule has 0 aliphatic heterocycles. The Morgan fingerprint density at radius 3 is 1.97 bits per heavy atom. The Labute approximate surface area is 211 Å². The van der Waals surface area contributed by atoms with Crippen molar-refractivity contribution in [3.05, 3.63) is 106 Å². The van der Waals surface area contributed by atoms with E-state index in [0.29, 0.717) is 22.0 Å². The van der Waals surface area contributed by atoms with Crippen molar-refractivity contribution in [1.29, 1.82) is 0 Å². The Bertz CT molecular complexity index is 1070. The lowest BCUT2D eigenvalue weighted by molar-refractivity contribution is -0.141. The molecular formula is C28H30Cl2N2O2. The van der Waals surface area contributed by atoms with Crippen LogP contribution in [0.1, 0.15) is 37.0 Å². The molecule has 2 atom stereocenters. The Morgan fingerprint density at radius 2 is 1.41 bits per heavy atom. The molecule has 3 aromatic carbocycles. The van der Waals surface area contributed by atoms with Gasteiger partial charge in [-0.1, -0.05) is 96.9 Å². The van der Waals surface area contributed by atoms with Crippen LogP contribution in [0.3, 0.4) is 0 Å². The van der Waals surface area contributed by atoms with Crippen LogP contribution in [0.15, 0.2) is 78.9 Å². The summed E-state index contributed by atoms with van der Waals surface area (Å²) in [5.74, 6) is -0.356. The number of carbonyl (C=O) groups excluding carboxylic acids is 2. The molecule has 34 heavy (non-hydrogen) atoms. The average molecular weight is 497 g/mol. The predicted octanol–water partition coefficient (Wildman–Crippen LogP) is 6.09. The fourth-order valence-electron chi connectivity index (χ4n) is 3.72. The fourth-order valence-corrected chi connectivity index (χ4v) is 4.24. The minimum atomic E-state index is -0.722. The first-order valence-electron chi connectivity index (χ1n) is 11.5. The highest BCUT2D eigenvalue weighted by Gasteiger charge is 2.31. The number of amides is 2. The van der Waals surface area contributed by atoms with Crippen molar-refractivity contribution in [3.8, 4) is 0 Å². The molecule has 0 spiro atoms. The third-order valence-electron chi connectivity index (χ3n) is 5.86. The van der Waals surface area contributed by atoms with Gasteiger partial charge in [-0.2, -0.15) is 0 Å². The van der Waals surface area contributed by atoms with E-state index in [1.54, 1.807) is 23.1 Å². The van der Waals surface area contributed by atoms with Crippen molar-refractivity contribution in [3.63, 3.8) is 0 Å². The van der Waals surface area contributed by atoms with E-state index >= 15 is 0 Å². The van der Waals surface area contributed by atoms with Crippen LogP contribution in [0.25, 0.3) is 0 Å². The van der Waals surface area contributed by atoms with E-state index in [9.17, 15) is 9.59 Å². The SMILES string of the molecule is CCC(C)NC(=O)C(Cc1ccccc1)N(Cc1c(Cl)cccc1Cl)C(=O)Cc1ccccc1. The zero-order valence-corrected chi connectivity index (χ0v) is 21.0. The van der Waals surface area contributed by atoms with Gasteiger partial charge in [-0.05, 0) is 36.6 Å². The maximum Gasteiger partial charge on any atom is 0.243 e. The van der Waals surface area contributed by atoms with Crippen LogP contribution in [-0.2, 0) is 29.0 Å². The molecule has 0 aliphatic carbocycles. The molecule has 2 amide bonds. The van der Waals surface area contributed by atoms with E-state index in [-0.39, 0.29) is 30.8 Å². The number of carbonyl (C=O) groups is 2. The number of nitrogens with zero attached hydrogens (tertiary/aromatic N) is 1. The normalized spacial score (nSPS) is 12.6. The highest BCUT2D eigenvalue weighted by molar-refractivity contribution is 6.36. The van der Waals surface area contributed by atoms with Crippen LogP contribution in [0, 0.1) is 0 Å². The zero-order chi connectivity index (χ0) is 24.5. The number of benzene rings is 3. The summed E-state index contributed by atoms with van der Waals surface area (Å²) in [6.07, 6.45) is 1.34. The molecule has 1 N–H and O–H groups in total. The molecule has 0 saturated heterocycles. The molecule has 6 heteroatoms. The number of hydrogen-bond donors (Lipinski definition) is 1. The average Bonchev–Trinajstić information content (AvgIpc) is 2.84. The van der Waals surface area contributed by atoms with Gasteiger partial charge in [-0.15, -0.1) is 0 Å². The summed E-state index contributed by atoms with van der Waals surface area (Å²) in [5, 5.41) is 3.99. The van der Waals surface area contributed by atoms with E-state index in [2.05, 4.69) is 5.32 Å². The monoisotopic (exact) mass is 496 g/mol. The highest BCUT2D eigenvalue weighted by Crippen LogP contribution is 2.27. The smallest absolute Gasteiger partial charge is 0.243 e. The van der Waals surface area contributed by atoms with Crippen molar-refractivity contribution in [2.75, 3.05) is 0 Å². The lowest BCUT2D eigenvalue weighted by Gasteiger charge is -2.33. The highest BCUT2D eigenvalue weighted by atomic mass is 35.5. The van der Waals surface area contributed by atoms with Crippen LogP contribution < -0.4 is 5.32 Å². The van der Waals surface area contributed by atoms with E-state index in [0.717, 1.165) is 17.5 Å². The van der Waals surface area contributed by atoms with Gasteiger partial charge in [0.25, 0.3) is 0 Å². The van der Waals surface area contributed by atoms with Gasteiger partial charge in [0.05, 0.1) is 6.42 Å². The summed E-state index contributed by atoms with van der Waals surface area (Å²) < 4.78 is 0. The number of rotatable bonds is 10. The summed E-state index contributed by atoms with van der Waals surface area (Å²) in [5.41, 5.74) is 2.47. The third-order valence-corrected chi connectivity index (χ3v) is 6.57. The van der Waals surface area contributed by atoms with Crippen molar-refractivity contribution in [1.82, 2.24) is 10.2 Å². The van der Waals surface area contributed by atoms with Crippen molar-refractivity contribution >= 4 is 35.0 Å². The van der Waals surface area contributed by atoms with Crippen LogP contribution in [0.5, 0.6) is 0 Å². The second kappa shape index (κ2) is 12.6. The summed E-state index contributed by atoms with van der Waals surface area (Å²) >= 11 is 12.9. The second-order valence-corrected chi connectivity index (χ2v) is 9.22. The Hall–Kier alpha value is -2.82. The maximum atomic E-state index is 13.7. The van der Waals surface area contributed by atoms with Crippen LogP contribution in [0.4, 0.5) is 0 Å². The van der Waals surface area contributed by atoms with Gasteiger partial charge in [0.1, 0.15) is 6.04 Å². The fraction of sp³-hybridized carbons (Fsp3) is 0.286. The summed E-state index contributed by atoms with van der Waals surface area (Å²) in [4.78, 5) is 28.8. The van der Waals surface area contributed by atoms with Gasteiger partial charge < -0.3 is 10.2 Å². The predicted molar refractivity (Wildman–Crippen MR) is 139 cm³/mol. The first kappa shape index (κ1) is 25.8. The Balaban J connectivity index is 2.01. The molecular weight excluding hydrogens is 467 g/mol. The summed E-state index contributed by atoms with van der Waals surface area (Å²) in [7, 11) is 0. The van der Waals surface area contributed by atoms with E-state index in [4.69, 9.17) is 23.2 Å². The zero-order valence-electron chi connectivity index (χ0n) is 19.5. The molecule has 3 aromatic rings. The number of nitrogens with one attached hydrogen (secondary N) is 1. The molecule has 2 unspecified atom stereocenters. The quantitative estimate of drug-likeness (QED) is 0.369. The van der Waals surface area contributed by atoms with Gasteiger partial charge in [0.15, 0.2) is 0 Å². The first-order valence-corrected chi connectivity index (χ1v) is 12.2. The molecule has 0 fully saturated rings. The van der Waals surface area contributed by atoms with Crippen molar-refractivity contribution in [2.24, 2.45) is 0 Å². The molecule has 4 nitrogen and oxygen atoms in total. The van der Waals surface area contributed by atoms with E-state index in [1.165, 1.54) is 0 Å².